The van der Waals surface area contributed by atoms with Crippen molar-refractivity contribution in [2.24, 2.45) is 11.8 Å². The zero-order chi connectivity index (χ0) is 22.1. The zero-order valence-corrected chi connectivity index (χ0v) is 19.2. The maximum Gasteiger partial charge on any atom is 0.324 e. The number of hydrogen-bond donors (Lipinski definition) is 1. The number of imide groups is 1. The van der Waals surface area contributed by atoms with Crippen LogP contribution in [0.5, 0.6) is 0 Å². The highest BCUT2D eigenvalue weighted by atomic mass is 16.5. The topological polar surface area (TPSA) is 82.2 Å². The summed E-state index contributed by atoms with van der Waals surface area (Å²) >= 11 is 0. The predicted molar refractivity (Wildman–Crippen MR) is 116 cm³/mol. The van der Waals surface area contributed by atoms with Crippen molar-refractivity contribution in [3.8, 4) is 0 Å². The summed E-state index contributed by atoms with van der Waals surface area (Å²) in [6.07, 6.45) is 4.61. The Morgan fingerprint density at radius 3 is 2.70 bits per heavy atom. The van der Waals surface area contributed by atoms with Crippen molar-refractivity contribution >= 4 is 17.7 Å². The second kappa shape index (κ2) is 12.4. The maximum absolute atomic E-state index is 13.3. The van der Waals surface area contributed by atoms with Gasteiger partial charge in [-0.05, 0) is 66.2 Å². The first-order valence-electron chi connectivity index (χ1n) is 11.4. The van der Waals surface area contributed by atoms with E-state index in [0.717, 1.165) is 25.8 Å². The smallest absolute Gasteiger partial charge is 0.324 e. The number of nitrogens with one attached hydrogen (secondary N) is 1. The van der Waals surface area contributed by atoms with E-state index in [4.69, 9.17) is 4.74 Å². The molecule has 0 bridgehead atoms. The van der Waals surface area contributed by atoms with Gasteiger partial charge in [-0.15, -0.1) is 0 Å². The van der Waals surface area contributed by atoms with Crippen LogP contribution in [0.1, 0.15) is 45.4 Å². The zero-order valence-electron chi connectivity index (χ0n) is 19.2. The molecule has 1 aliphatic heterocycles. The van der Waals surface area contributed by atoms with Gasteiger partial charge in [0, 0.05) is 38.6 Å². The number of urea groups is 1. The van der Waals surface area contributed by atoms with Gasteiger partial charge in [-0.25, -0.2) is 4.79 Å². The molecule has 8 heteroatoms. The molecule has 0 radical (unpaired) electrons. The molecule has 1 aliphatic carbocycles. The number of nitrogens with zero attached hydrogens (tertiary/aromatic N) is 3. The highest BCUT2D eigenvalue weighted by Crippen LogP contribution is 2.36. The second-order valence-corrected chi connectivity index (χ2v) is 8.91. The van der Waals surface area contributed by atoms with Crippen LogP contribution in [0.3, 0.4) is 0 Å². The number of unbranched alkanes of at least 4 members (excludes halogenated alkanes) is 1. The van der Waals surface area contributed by atoms with Crippen molar-refractivity contribution in [1.29, 1.82) is 0 Å². The molecule has 0 aromatic rings. The molecule has 3 amide bonds. The molecule has 172 valence electrons. The van der Waals surface area contributed by atoms with Gasteiger partial charge in [0.1, 0.15) is 5.78 Å². The van der Waals surface area contributed by atoms with E-state index in [2.05, 4.69) is 15.1 Å². The highest BCUT2D eigenvalue weighted by Gasteiger charge is 2.42. The van der Waals surface area contributed by atoms with E-state index < -0.39 is 0 Å². The van der Waals surface area contributed by atoms with E-state index >= 15 is 0 Å². The Balaban J connectivity index is 1.95. The van der Waals surface area contributed by atoms with Crippen molar-refractivity contribution in [3.05, 3.63) is 0 Å². The summed E-state index contributed by atoms with van der Waals surface area (Å²) in [6.45, 7) is 5.19. The molecule has 3 atom stereocenters. The monoisotopic (exact) mass is 424 g/mol. The molecule has 0 aromatic carbocycles. The van der Waals surface area contributed by atoms with Crippen LogP contribution in [0.25, 0.3) is 0 Å². The van der Waals surface area contributed by atoms with Gasteiger partial charge in [0.15, 0.2) is 0 Å². The van der Waals surface area contributed by atoms with Crippen LogP contribution in [0.15, 0.2) is 0 Å². The molecule has 0 spiro atoms. The van der Waals surface area contributed by atoms with Gasteiger partial charge in [-0.1, -0.05) is 0 Å². The number of amides is 3. The van der Waals surface area contributed by atoms with E-state index in [1.807, 2.05) is 28.1 Å². The van der Waals surface area contributed by atoms with Gasteiger partial charge in [-0.3, -0.25) is 14.5 Å². The fraction of sp³-hybridized carbons (Fsp3) is 0.864. The average Bonchev–Trinajstić information content (AvgIpc) is 2.69. The number of carbonyl (C=O) groups is 3. The molecule has 8 nitrogen and oxygen atoms in total. The van der Waals surface area contributed by atoms with Crippen molar-refractivity contribution in [3.63, 3.8) is 0 Å². The Kier molecular flexibility index (Phi) is 10.2. The Labute approximate surface area is 181 Å². The van der Waals surface area contributed by atoms with E-state index in [0.29, 0.717) is 57.4 Å². The van der Waals surface area contributed by atoms with Crippen molar-refractivity contribution in [1.82, 2.24) is 20.0 Å². The average molecular weight is 425 g/mol. The Hall–Kier alpha value is -1.51. The summed E-state index contributed by atoms with van der Waals surface area (Å²) < 4.78 is 5.41. The second-order valence-electron chi connectivity index (χ2n) is 8.91. The third-order valence-corrected chi connectivity index (χ3v) is 6.25. The predicted octanol–water partition coefficient (Wildman–Crippen LogP) is 1.59. The van der Waals surface area contributed by atoms with Crippen LogP contribution in [0.4, 0.5) is 4.79 Å². The van der Waals surface area contributed by atoms with Gasteiger partial charge in [0.05, 0.1) is 19.1 Å². The Morgan fingerprint density at radius 1 is 1.23 bits per heavy atom. The first-order valence-corrected chi connectivity index (χ1v) is 11.4. The number of Topliss-reactive ketones (excluding diaryl/α,β-unsaturated/α-hetero) is 1. The molecule has 0 aromatic heterocycles. The van der Waals surface area contributed by atoms with Gasteiger partial charge in [0.2, 0.25) is 5.91 Å². The first-order chi connectivity index (χ1) is 14.3. The van der Waals surface area contributed by atoms with E-state index in [9.17, 15) is 14.4 Å². The maximum atomic E-state index is 13.3. The summed E-state index contributed by atoms with van der Waals surface area (Å²) in [5.74, 6) is 0.0929. The number of fused-ring (bicyclic) bond motifs is 1. The number of likely N-dealkylation sites (tertiary alicyclic amines) is 1. The first kappa shape index (κ1) is 24.8. The van der Waals surface area contributed by atoms with Crippen LogP contribution in [0.2, 0.25) is 0 Å². The largest absolute Gasteiger partial charge is 0.380 e. The number of ketones is 1. The van der Waals surface area contributed by atoms with Gasteiger partial charge in [0.25, 0.3) is 0 Å². The summed E-state index contributed by atoms with van der Waals surface area (Å²) in [5, 5.41) is 2.90. The minimum Gasteiger partial charge on any atom is -0.380 e. The lowest BCUT2D eigenvalue weighted by Crippen LogP contribution is -2.55. The summed E-state index contributed by atoms with van der Waals surface area (Å²) in [7, 11) is 6.08. The van der Waals surface area contributed by atoms with Gasteiger partial charge < -0.3 is 19.9 Å². The molecular weight excluding hydrogens is 384 g/mol. The van der Waals surface area contributed by atoms with Gasteiger partial charge >= 0.3 is 6.03 Å². The number of piperidine rings is 1. The van der Waals surface area contributed by atoms with Crippen LogP contribution < -0.4 is 5.32 Å². The molecule has 2 aliphatic rings. The molecule has 2 rings (SSSR count). The third kappa shape index (κ3) is 7.32. The lowest BCUT2D eigenvalue weighted by atomic mass is 9.74. The summed E-state index contributed by atoms with van der Waals surface area (Å²) in [5.41, 5.74) is 0. The van der Waals surface area contributed by atoms with E-state index in [1.54, 1.807) is 0 Å². The third-order valence-electron chi connectivity index (χ3n) is 6.25. The number of carbonyl (C=O) groups excluding carboxylic acids is 3. The molecule has 30 heavy (non-hydrogen) atoms. The normalized spacial score (nSPS) is 24.6. The lowest BCUT2D eigenvalue weighted by molar-refractivity contribution is -0.138. The van der Waals surface area contributed by atoms with E-state index in [1.165, 1.54) is 4.90 Å². The number of rotatable bonds is 10. The minimum atomic E-state index is -0.339. The quantitative estimate of drug-likeness (QED) is 0.537. The summed E-state index contributed by atoms with van der Waals surface area (Å²) in [6, 6.07) is 0.0307. The van der Waals surface area contributed by atoms with Crippen LogP contribution in [-0.2, 0) is 14.3 Å². The van der Waals surface area contributed by atoms with E-state index in [-0.39, 0.29) is 30.3 Å². The molecule has 1 saturated heterocycles. The van der Waals surface area contributed by atoms with Crippen LogP contribution in [-0.4, -0.2) is 99.0 Å². The van der Waals surface area contributed by atoms with Crippen molar-refractivity contribution in [2.45, 2.75) is 51.5 Å². The Morgan fingerprint density at radius 2 is 2.00 bits per heavy atom. The number of ether oxygens (including phenoxy) is 1. The Bertz CT molecular complexity index is 583. The SMILES string of the molecule is CCOCCN(C(=O)NCCCCN(C)C)C(=O)[C@@H]1C[C@@H]2CC(=O)CC[C@H]2N(C)C1. The number of hydrogen-bond acceptors (Lipinski definition) is 6. The standard InChI is InChI=1S/C22H40N4O4/c1-5-30-13-12-26(22(29)23-10-6-7-11-24(2)3)21(28)18-14-17-15-19(27)8-9-20(17)25(4)16-18/h17-18,20H,5-16H2,1-4H3,(H,23,29)/t17-,18-,20-/m1/s1. The van der Waals surface area contributed by atoms with Crippen LogP contribution in [0, 0.1) is 11.8 Å². The van der Waals surface area contributed by atoms with Crippen LogP contribution >= 0.6 is 0 Å². The fourth-order valence-corrected chi connectivity index (χ4v) is 4.67. The minimum absolute atomic E-state index is 0.149. The molecular formula is C22H40N4O4. The highest BCUT2D eigenvalue weighted by molar-refractivity contribution is 5.95. The lowest BCUT2D eigenvalue weighted by Gasteiger charge is -2.45. The fourth-order valence-electron chi connectivity index (χ4n) is 4.67. The van der Waals surface area contributed by atoms with Gasteiger partial charge in [-0.2, -0.15) is 0 Å². The molecule has 1 heterocycles. The summed E-state index contributed by atoms with van der Waals surface area (Å²) in [4.78, 5) is 43.7. The van der Waals surface area contributed by atoms with Crippen molar-refractivity contribution in [2.75, 3.05) is 60.5 Å². The molecule has 1 saturated carbocycles. The van der Waals surface area contributed by atoms with Crippen molar-refractivity contribution < 1.29 is 19.1 Å². The molecule has 1 N–H and O–H groups in total. The molecule has 0 unspecified atom stereocenters. The molecule has 2 fully saturated rings.